The lowest BCUT2D eigenvalue weighted by Crippen LogP contribution is -2.31. The number of nitrogens with two attached hydrogens (primary N) is 1. The van der Waals surface area contributed by atoms with Crippen molar-refractivity contribution < 1.29 is 0 Å². The molecule has 1 rings (SSSR count). The fraction of sp³-hybridized carbons (Fsp3) is 0.944. The Hall–Kier alpha value is -0.570. The number of nitrogens with zero attached hydrogens (tertiary/aromatic N) is 1. The first-order valence-corrected chi connectivity index (χ1v) is 9.36. The van der Waals surface area contributed by atoms with Crippen LogP contribution in [0.5, 0.6) is 0 Å². The molecule has 124 valence electrons. The Morgan fingerprint density at radius 1 is 0.952 bits per heavy atom. The SMILES string of the molecule is CCCCCCCCCCCCCC1=NCC(CCN)N1. The van der Waals surface area contributed by atoms with E-state index in [0.717, 1.165) is 25.9 Å². The van der Waals surface area contributed by atoms with Gasteiger partial charge in [-0.2, -0.15) is 0 Å². The molecule has 0 aliphatic carbocycles. The van der Waals surface area contributed by atoms with E-state index >= 15 is 0 Å². The Morgan fingerprint density at radius 2 is 1.52 bits per heavy atom. The maximum Gasteiger partial charge on any atom is 0.0966 e. The van der Waals surface area contributed by atoms with E-state index in [4.69, 9.17) is 5.73 Å². The van der Waals surface area contributed by atoms with Crippen LogP contribution in [0, 0.1) is 0 Å². The molecule has 1 unspecified atom stereocenters. The van der Waals surface area contributed by atoms with Gasteiger partial charge in [0.25, 0.3) is 0 Å². The maximum absolute atomic E-state index is 5.58. The van der Waals surface area contributed by atoms with Crippen molar-refractivity contribution in [3.05, 3.63) is 0 Å². The fourth-order valence-electron chi connectivity index (χ4n) is 3.02. The maximum atomic E-state index is 5.58. The summed E-state index contributed by atoms with van der Waals surface area (Å²) in [7, 11) is 0. The van der Waals surface area contributed by atoms with Crippen LogP contribution in [-0.2, 0) is 0 Å². The molecule has 0 aromatic heterocycles. The van der Waals surface area contributed by atoms with E-state index in [2.05, 4.69) is 17.2 Å². The van der Waals surface area contributed by atoms with Crippen LogP contribution in [0.3, 0.4) is 0 Å². The second kappa shape index (κ2) is 13.1. The van der Waals surface area contributed by atoms with Crippen LogP contribution in [-0.4, -0.2) is 25.0 Å². The second-order valence-corrected chi connectivity index (χ2v) is 6.49. The van der Waals surface area contributed by atoms with Gasteiger partial charge in [-0.05, 0) is 19.4 Å². The number of rotatable bonds is 14. The normalized spacial score (nSPS) is 17.8. The molecule has 0 fully saturated rings. The molecule has 0 aromatic rings. The van der Waals surface area contributed by atoms with Crippen LogP contribution >= 0.6 is 0 Å². The number of hydrogen-bond acceptors (Lipinski definition) is 3. The average Bonchev–Trinajstić information content (AvgIpc) is 2.93. The molecule has 1 aliphatic heterocycles. The first-order chi connectivity index (χ1) is 10.4. The summed E-state index contributed by atoms with van der Waals surface area (Å²) in [5.41, 5.74) is 5.58. The lowest BCUT2D eigenvalue weighted by molar-refractivity contribution is 0.550. The lowest BCUT2D eigenvalue weighted by Gasteiger charge is -2.10. The largest absolute Gasteiger partial charge is 0.369 e. The van der Waals surface area contributed by atoms with Crippen molar-refractivity contribution in [1.29, 1.82) is 0 Å². The smallest absolute Gasteiger partial charge is 0.0966 e. The molecular formula is C18H37N3. The first-order valence-electron chi connectivity index (χ1n) is 9.36. The minimum absolute atomic E-state index is 0.512. The summed E-state index contributed by atoms with van der Waals surface area (Å²) < 4.78 is 0. The van der Waals surface area contributed by atoms with Gasteiger partial charge in [0.2, 0.25) is 0 Å². The predicted molar refractivity (Wildman–Crippen MR) is 94.0 cm³/mol. The van der Waals surface area contributed by atoms with E-state index in [1.165, 1.54) is 76.5 Å². The third-order valence-electron chi connectivity index (χ3n) is 4.41. The van der Waals surface area contributed by atoms with E-state index in [-0.39, 0.29) is 0 Å². The number of nitrogens with one attached hydrogen (secondary N) is 1. The molecule has 1 atom stereocenters. The summed E-state index contributed by atoms with van der Waals surface area (Å²) in [5.74, 6) is 1.23. The van der Waals surface area contributed by atoms with E-state index in [9.17, 15) is 0 Å². The van der Waals surface area contributed by atoms with Crippen molar-refractivity contribution in [1.82, 2.24) is 5.32 Å². The molecular weight excluding hydrogens is 258 g/mol. The van der Waals surface area contributed by atoms with Gasteiger partial charge in [0, 0.05) is 12.5 Å². The topological polar surface area (TPSA) is 50.4 Å². The van der Waals surface area contributed by atoms with Gasteiger partial charge in [0.15, 0.2) is 0 Å². The molecule has 0 spiro atoms. The highest BCUT2D eigenvalue weighted by Gasteiger charge is 2.15. The van der Waals surface area contributed by atoms with Gasteiger partial charge in [-0.15, -0.1) is 0 Å². The zero-order valence-corrected chi connectivity index (χ0v) is 14.2. The zero-order chi connectivity index (χ0) is 15.2. The van der Waals surface area contributed by atoms with E-state index in [0.29, 0.717) is 6.04 Å². The average molecular weight is 296 g/mol. The van der Waals surface area contributed by atoms with Crippen LogP contribution in [0.1, 0.15) is 90.4 Å². The van der Waals surface area contributed by atoms with Crippen molar-refractivity contribution in [3.8, 4) is 0 Å². The number of amidine groups is 1. The van der Waals surface area contributed by atoms with Crippen LogP contribution in [0.2, 0.25) is 0 Å². The minimum Gasteiger partial charge on any atom is -0.369 e. The monoisotopic (exact) mass is 295 g/mol. The highest BCUT2D eigenvalue weighted by atomic mass is 15.1. The standard InChI is InChI=1S/C18H37N3/c1-2-3-4-5-6-7-8-9-10-11-12-13-18-20-16-17(21-18)14-15-19/h17H,2-16,19H2,1H3,(H,20,21). The molecule has 0 saturated heterocycles. The lowest BCUT2D eigenvalue weighted by atomic mass is 10.1. The van der Waals surface area contributed by atoms with Gasteiger partial charge >= 0.3 is 0 Å². The first kappa shape index (κ1) is 18.5. The Bertz CT molecular complexity index is 263. The fourth-order valence-corrected chi connectivity index (χ4v) is 3.02. The third-order valence-corrected chi connectivity index (χ3v) is 4.41. The predicted octanol–water partition coefficient (Wildman–Crippen LogP) is 4.41. The summed E-state index contributed by atoms with van der Waals surface area (Å²) >= 11 is 0. The molecule has 0 radical (unpaired) electrons. The number of unbranched alkanes of at least 4 members (excludes halogenated alkanes) is 10. The highest BCUT2D eigenvalue weighted by molar-refractivity contribution is 5.83. The van der Waals surface area contributed by atoms with Crippen LogP contribution in [0.4, 0.5) is 0 Å². The van der Waals surface area contributed by atoms with Gasteiger partial charge in [-0.1, -0.05) is 71.1 Å². The van der Waals surface area contributed by atoms with Gasteiger partial charge in [0.05, 0.1) is 12.4 Å². The summed E-state index contributed by atoms with van der Waals surface area (Å²) in [6.45, 7) is 3.98. The summed E-state index contributed by atoms with van der Waals surface area (Å²) in [6.07, 6.45) is 17.6. The molecule has 3 nitrogen and oxygen atoms in total. The van der Waals surface area contributed by atoms with E-state index in [1.54, 1.807) is 0 Å². The molecule has 0 amide bonds. The molecule has 1 aliphatic rings. The molecule has 21 heavy (non-hydrogen) atoms. The Morgan fingerprint density at radius 3 is 2.10 bits per heavy atom. The van der Waals surface area contributed by atoms with Crippen molar-refractivity contribution in [2.24, 2.45) is 10.7 Å². The van der Waals surface area contributed by atoms with Gasteiger partial charge in [-0.3, -0.25) is 4.99 Å². The quantitative estimate of drug-likeness (QED) is 0.466. The molecule has 0 bridgehead atoms. The second-order valence-electron chi connectivity index (χ2n) is 6.49. The van der Waals surface area contributed by atoms with Crippen molar-refractivity contribution >= 4 is 5.84 Å². The van der Waals surface area contributed by atoms with Crippen LogP contribution in [0.25, 0.3) is 0 Å². The zero-order valence-electron chi connectivity index (χ0n) is 14.2. The summed E-state index contributed by atoms with van der Waals surface area (Å²) in [5, 5.41) is 3.50. The summed E-state index contributed by atoms with van der Waals surface area (Å²) in [6, 6.07) is 0.512. The van der Waals surface area contributed by atoms with Crippen LogP contribution in [0.15, 0.2) is 4.99 Å². The van der Waals surface area contributed by atoms with E-state index < -0.39 is 0 Å². The Balaban J connectivity index is 1.79. The van der Waals surface area contributed by atoms with Gasteiger partial charge < -0.3 is 11.1 Å². The third kappa shape index (κ3) is 9.89. The molecule has 0 aromatic carbocycles. The molecule has 3 heteroatoms. The minimum atomic E-state index is 0.512. The van der Waals surface area contributed by atoms with Crippen molar-refractivity contribution in [2.45, 2.75) is 96.4 Å². The molecule has 1 heterocycles. The Kier molecular flexibility index (Phi) is 11.5. The molecule has 3 N–H and O–H groups in total. The van der Waals surface area contributed by atoms with Crippen LogP contribution < -0.4 is 11.1 Å². The summed E-state index contributed by atoms with van der Waals surface area (Å²) in [4.78, 5) is 4.57. The molecule has 0 saturated carbocycles. The van der Waals surface area contributed by atoms with Crippen molar-refractivity contribution in [3.63, 3.8) is 0 Å². The number of hydrogen-bond donors (Lipinski definition) is 2. The highest BCUT2D eigenvalue weighted by Crippen LogP contribution is 2.12. The van der Waals surface area contributed by atoms with Gasteiger partial charge in [0.1, 0.15) is 0 Å². The Labute approximate surface area is 132 Å². The van der Waals surface area contributed by atoms with E-state index in [1.807, 2.05) is 0 Å². The number of aliphatic imine (C=N–C) groups is 1. The van der Waals surface area contributed by atoms with Crippen molar-refractivity contribution in [2.75, 3.05) is 13.1 Å². The van der Waals surface area contributed by atoms with Gasteiger partial charge in [-0.25, -0.2) is 0 Å².